The van der Waals surface area contributed by atoms with Crippen LogP contribution in [0.5, 0.6) is 5.75 Å². The molecular formula is C22H29N3O4S. The van der Waals surface area contributed by atoms with Crippen molar-refractivity contribution in [3.63, 3.8) is 0 Å². The number of methoxy groups -OCH3 is 1. The third kappa shape index (κ3) is 4.87. The van der Waals surface area contributed by atoms with E-state index in [9.17, 15) is 13.2 Å². The molecule has 0 unspecified atom stereocenters. The van der Waals surface area contributed by atoms with Gasteiger partial charge in [-0.25, -0.2) is 8.42 Å². The molecule has 3 rings (SSSR count). The number of carbonyl (C=O) groups is 1. The molecule has 0 aromatic heterocycles. The van der Waals surface area contributed by atoms with Gasteiger partial charge in [0.1, 0.15) is 12.3 Å². The quantitative estimate of drug-likeness (QED) is 0.703. The molecule has 2 aromatic carbocycles. The van der Waals surface area contributed by atoms with E-state index < -0.39 is 10.0 Å². The van der Waals surface area contributed by atoms with E-state index in [1.54, 1.807) is 12.0 Å². The molecule has 1 fully saturated rings. The highest BCUT2D eigenvalue weighted by molar-refractivity contribution is 7.92. The smallest absolute Gasteiger partial charge is 0.243 e. The lowest BCUT2D eigenvalue weighted by atomic mass is 10.1. The highest BCUT2D eigenvalue weighted by Crippen LogP contribution is 2.29. The second kappa shape index (κ2) is 8.95. The SMILES string of the molecule is COc1ccccc1N1CCN(C(=O)CN(c2cc(C)ccc2C)S(C)(=O)=O)CC1. The lowest BCUT2D eigenvalue weighted by Gasteiger charge is -2.37. The molecule has 0 spiro atoms. The van der Waals surface area contributed by atoms with E-state index in [1.807, 2.05) is 56.3 Å². The van der Waals surface area contributed by atoms with Gasteiger partial charge in [0.15, 0.2) is 0 Å². The Hall–Kier alpha value is -2.74. The minimum atomic E-state index is -3.59. The van der Waals surface area contributed by atoms with E-state index in [2.05, 4.69) is 4.90 Å². The summed E-state index contributed by atoms with van der Waals surface area (Å²) in [5, 5.41) is 0. The summed E-state index contributed by atoms with van der Waals surface area (Å²) in [6.07, 6.45) is 1.14. The van der Waals surface area contributed by atoms with Crippen molar-refractivity contribution < 1.29 is 17.9 Å². The van der Waals surface area contributed by atoms with E-state index in [0.29, 0.717) is 31.9 Å². The second-order valence-corrected chi connectivity index (χ2v) is 9.51. The van der Waals surface area contributed by atoms with Crippen molar-refractivity contribution in [1.29, 1.82) is 0 Å². The summed E-state index contributed by atoms with van der Waals surface area (Å²) < 4.78 is 31.6. The van der Waals surface area contributed by atoms with Gasteiger partial charge in [-0.3, -0.25) is 9.10 Å². The molecule has 2 aromatic rings. The van der Waals surface area contributed by atoms with Crippen LogP contribution in [0.1, 0.15) is 11.1 Å². The lowest BCUT2D eigenvalue weighted by Crippen LogP contribution is -2.52. The Balaban J connectivity index is 1.71. The van der Waals surface area contributed by atoms with Crippen LogP contribution in [0.15, 0.2) is 42.5 Å². The molecule has 1 aliphatic heterocycles. The predicted octanol–water partition coefficient (Wildman–Crippen LogP) is 2.43. The number of nitrogens with zero attached hydrogens (tertiary/aromatic N) is 3. The Labute approximate surface area is 178 Å². The largest absolute Gasteiger partial charge is 0.495 e. The van der Waals surface area contributed by atoms with Gasteiger partial charge in [0.05, 0.1) is 24.7 Å². The van der Waals surface area contributed by atoms with Gasteiger partial charge >= 0.3 is 0 Å². The number of hydrogen-bond acceptors (Lipinski definition) is 5. The predicted molar refractivity (Wildman–Crippen MR) is 120 cm³/mol. The van der Waals surface area contributed by atoms with Crippen LogP contribution in [-0.4, -0.2) is 65.3 Å². The first-order chi connectivity index (χ1) is 14.2. The second-order valence-electron chi connectivity index (χ2n) is 7.60. The van der Waals surface area contributed by atoms with Gasteiger partial charge in [-0.05, 0) is 43.2 Å². The standard InChI is InChI=1S/C22H29N3O4S/c1-17-9-10-18(2)20(15-17)25(30(4,27)28)16-22(26)24-13-11-23(12-14-24)19-7-5-6-8-21(19)29-3/h5-10,15H,11-14,16H2,1-4H3. The average Bonchev–Trinajstić information content (AvgIpc) is 2.73. The van der Waals surface area contributed by atoms with Crippen LogP contribution >= 0.6 is 0 Å². The van der Waals surface area contributed by atoms with Crippen LogP contribution < -0.4 is 13.9 Å². The molecule has 30 heavy (non-hydrogen) atoms. The molecular weight excluding hydrogens is 402 g/mol. The molecule has 7 nitrogen and oxygen atoms in total. The van der Waals surface area contributed by atoms with Crippen LogP contribution in [0.25, 0.3) is 0 Å². The number of hydrogen-bond donors (Lipinski definition) is 0. The van der Waals surface area contributed by atoms with Gasteiger partial charge in [0.2, 0.25) is 15.9 Å². The normalized spacial score (nSPS) is 14.5. The molecule has 0 atom stereocenters. The maximum Gasteiger partial charge on any atom is 0.243 e. The number of para-hydroxylation sites is 2. The Morgan fingerprint density at radius 2 is 1.73 bits per heavy atom. The number of rotatable bonds is 6. The van der Waals surface area contributed by atoms with Crippen molar-refractivity contribution in [2.75, 3.05) is 55.3 Å². The minimum absolute atomic E-state index is 0.194. The fourth-order valence-electron chi connectivity index (χ4n) is 3.68. The Kier molecular flexibility index (Phi) is 6.55. The molecule has 162 valence electrons. The van der Waals surface area contributed by atoms with Gasteiger partial charge in [0.25, 0.3) is 0 Å². The number of sulfonamides is 1. The topological polar surface area (TPSA) is 70.2 Å². The van der Waals surface area contributed by atoms with Crippen LogP contribution in [0, 0.1) is 13.8 Å². The first-order valence-corrected chi connectivity index (χ1v) is 11.8. The molecule has 1 amide bonds. The zero-order valence-electron chi connectivity index (χ0n) is 18.0. The van der Waals surface area contributed by atoms with Crippen molar-refractivity contribution in [3.8, 4) is 5.75 Å². The molecule has 0 saturated carbocycles. The zero-order valence-corrected chi connectivity index (χ0v) is 18.8. The minimum Gasteiger partial charge on any atom is -0.495 e. The number of anilines is 2. The van der Waals surface area contributed by atoms with Crippen LogP contribution in [0.4, 0.5) is 11.4 Å². The van der Waals surface area contributed by atoms with Crippen LogP contribution in [0.3, 0.4) is 0 Å². The first kappa shape index (κ1) is 22.0. The van der Waals surface area contributed by atoms with Gasteiger partial charge in [0, 0.05) is 26.2 Å². The van der Waals surface area contributed by atoms with Gasteiger partial charge in [-0.1, -0.05) is 24.3 Å². The van der Waals surface area contributed by atoms with Gasteiger partial charge < -0.3 is 14.5 Å². The van der Waals surface area contributed by atoms with Gasteiger partial charge in [-0.15, -0.1) is 0 Å². The molecule has 1 aliphatic rings. The lowest BCUT2D eigenvalue weighted by molar-refractivity contribution is -0.129. The fourth-order valence-corrected chi connectivity index (χ4v) is 4.58. The van der Waals surface area contributed by atoms with E-state index in [0.717, 1.165) is 28.8 Å². The first-order valence-electron chi connectivity index (χ1n) is 9.91. The average molecular weight is 432 g/mol. The van der Waals surface area contributed by atoms with Crippen molar-refractivity contribution in [2.45, 2.75) is 13.8 Å². The monoisotopic (exact) mass is 431 g/mol. The van der Waals surface area contributed by atoms with Gasteiger partial charge in [-0.2, -0.15) is 0 Å². The van der Waals surface area contributed by atoms with E-state index in [1.165, 1.54) is 4.31 Å². The highest BCUT2D eigenvalue weighted by Gasteiger charge is 2.28. The summed E-state index contributed by atoms with van der Waals surface area (Å²) in [5.74, 6) is 0.608. The number of piperazine rings is 1. The molecule has 0 bridgehead atoms. The van der Waals surface area contributed by atoms with E-state index in [4.69, 9.17) is 4.74 Å². The Morgan fingerprint density at radius 1 is 1.07 bits per heavy atom. The summed E-state index contributed by atoms with van der Waals surface area (Å²) in [7, 11) is -1.95. The van der Waals surface area contributed by atoms with E-state index in [-0.39, 0.29) is 12.5 Å². The Bertz CT molecular complexity index is 1010. The summed E-state index contributed by atoms with van der Waals surface area (Å²) in [6.45, 7) is 5.94. The van der Waals surface area contributed by atoms with Crippen molar-refractivity contribution in [1.82, 2.24) is 4.90 Å². The number of carbonyl (C=O) groups excluding carboxylic acids is 1. The zero-order chi connectivity index (χ0) is 21.9. The summed E-state index contributed by atoms with van der Waals surface area (Å²) in [4.78, 5) is 16.9. The number of ether oxygens (including phenoxy) is 1. The fraction of sp³-hybridized carbons (Fsp3) is 0.409. The van der Waals surface area contributed by atoms with E-state index >= 15 is 0 Å². The molecule has 0 N–H and O–H groups in total. The molecule has 0 aliphatic carbocycles. The number of amides is 1. The van der Waals surface area contributed by atoms with Crippen LogP contribution in [-0.2, 0) is 14.8 Å². The molecule has 8 heteroatoms. The maximum atomic E-state index is 13.0. The van der Waals surface area contributed by atoms with Crippen LogP contribution in [0.2, 0.25) is 0 Å². The third-order valence-electron chi connectivity index (χ3n) is 5.37. The number of aryl methyl sites for hydroxylation is 2. The third-order valence-corrected chi connectivity index (χ3v) is 6.50. The maximum absolute atomic E-state index is 13.0. The molecule has 1 saturated heterocycles. The number of benzene rings is 2. The van der Waals surface area contributed by atoms with Crippen molar-refractivity contribution in [2.24, 2.45) is 0 Å². The summed E-state index contributed by atoms with van der Waals surface area (Å²) in [5.41, 5.74) is 3.32. The summed E-state index contributed by atoms with van der Waals surface area (Å²) in [6, 6.07) is 13.4. The molecule has 1 heterocycles. The Morgan fingerprint density at radius 3 is 2.37 bits per heavy atom. The highest BCUT2D eigenvalue weighted by atomic mass is 32.2. The molecule has 0 radical (unpaired) electrons. The van der Waals surface area contributed by atoms with Crippen molar-refractivity contribution >= 4 is 27.3 Å². The summed E-state index contributed by atoms with van der Waals surface area (Å²) >= 11 is 0. The van der Waals surface area contributed by atoms with Crippen molar-refractivity contribution in [3.05, 3.63) is 53.6 Å².